The SMILES string of the molecule is O=C(Nc1nc(CN2CCOCC2)cs1)c1ccc(OCC2CCCO2)cc1. The molecule has 0 radical (unpaired) electrons. The van der Waals surface area contributed by atoms with Crippen LogP contribution in [0.5, 0.6) is 5.75 Å². The molecule has 1 aromatic heterocycles. The summed E-state index contributed by atoms with van der Waals surface area (Å²) in [6.45, 7) is 5.52. The molecule has 1 atom stereocenters. The van der Waals surface area contributed by atoms with Gasteiger partial charge in [-0.1, -0.05) is 0 Å². The van der Waals surface area contributed by atoms with Crippen molar-refractivity contribution in [2.24, 2.45) is 0 Å². The van der Waals surface area contributed by atoms with Gasteiger partial charge >= 0.3 is 0 Å². The number of nitrogens with one attached hydrogen (secondary N) is 1. The van der Waals surface area contributed by atoms with Crippen LogP contribution in [0.1, 0.15) is 28.9 Å². The van der Waals surface area contributed by atoms with E-state index in [1.54, 1.807) is 12.1 Å². The fourth-order valence-corrected chi connectivity index (χ4v) is 3.96. The number of hydrogen-bond donors (Lipinski definition) is 1. The topological polar surface area (TPSA) is 72.9 Å². The maximum absolute atomic E-state index is 12.5. The van der Waals surface area contributed by atoms with Crippen molar-refractivity contribution in [1.82, 2.24) is 9.88 Å². The summed E-state index contributed by atoms with van der Waals surface area (Å²) in [5.41, 5.74) is 1.55. The molecule has 7 nitrogen and oxygen atoms in total. The Morgan fingerprint density at radius 1 is 1.25 bits per heavy atom. The minimum atomic E-state index is -0.169. The van der Waals surface area contributed by atoms with Gasteiger partial charge in [0.1, 0.15) is 12.4 Å². The molecule has 0 spiro atoms. The first-order valence-electron chi connectivity index (χ1n) is 9.66. The molecule has 0 saturated carbocycles. The predicted molar refractivity (Wildman–Crippen MR) is 107 cm³/mol. The van der Waals surface area contributed by atoms with Crippen molar-refractivity contribution in [3.05, 3.63) is 40.9 Å². The highest BCUT2D eigenvalue weighted by molar-refractivity contribution is 7.13. The molecule has 2 aromatic rings. The van der Waals surface area contributed by atoms with Gasteiger partial charge in [0.05, 0.1) is 25.0 Å². The summed E-state index contributed by atoms with van der Waals surface area (Å²) in [6.07, 6.45) is 2.32. The van der Waals surface area contributed by atoms with E-state index >= 15 is 0 Å². The van der Waals surface area contributed by atoms with E-state index in [4.69, 9.17) is 14.2 Å². The van der Waals surface area contributed by atoms with Crippen LogP contribution in [0.15, 0.2) is 29.6 Å². The molecule has 28 heavy (non-hydrogen) atoms. The highest BCUT2D eigenvalue weighted by Crippen LogP contribution is 2.20. The van der Waals surface area contributed by atoms with E-state index in [0.717, 1.165) is 63.7 Å². The van der Waals surface area contributed by atoms with Gasteiger partial charge in [0.15, 0.2) is 5.13 Å². The number of aromatic nitrogens is 1. The number of thiazole rings is 1. The van der Waals surface area contributed by atoms with Crippen LogP contribution >= 0.6 is 11.3 Å². The predicted octanol–water partition coefficient (Wildman–Crippen LogP) is 2.79. The van der Waals surface area contributed by atoms with Crippen molar-refractivity contribution in [2.75, 3.05) is 44.8 Å². The molecular weight excluding hydrogens is 378 g/mol. The van der Waals surface area contributed by atoms with Crippen LogP contribution < -0.4 is 10.1 Å². The highest BCUT2D eigenvalue weighted by atomic mass is 32.1. The van der Waals surface area contributed by atoms with Gasteiger partial charge in [0.25, 0.3) is 5.91 Å². The van der Waals surface area contributed by atoms with Crippen LogP contribution in [-0.4, -0.2) is 61.4 Å². The van der Waals surface area contributed by atoms with Gasteiger partial charge in [-0.3, -0.25) is 15.0 Å². The number of rotatable bonds is 7. The highest BCUT2D eigenvalue weighted by Gasteiger charge is 2.16. The Hall–Kier alpha value is -2.00. The average Bonchev–Trinajstić information content (AvgIpc) is 3.40. The van der Waals surface area contributed by atoms with Gasteiger partial charge in [-0.25, -0.2) is 4.98 Å². The van der Waals surface area contributed by atoms with E-state index in [1.807, 2.05) is 17.5 Å². The molecule has 2 saturated heterocycles. The van der Waals surface area contributed by atoms with E-state index < -0.39 is 0 Å². The van der Waals surface area contributed by atoms with Gasteiger partial charge < -0.3 is 14.2 Å². The van der Waals surface area contributed by atoms with Crippen LogP contribution in [0.25, 0.3) is 0 Å². The van der Waals surface area contributed by atoms with E-state index in [9.17, 15) is 4.79 Å². The second-order valence-electron chi connectivity index (χ2n) is 6.96. The Bertz CT molecular complexity index is 768. The molecule has 1 N–H and O–H groups in total. The fourth-order valence-electron chi connectivity index (χ4n) is 3.26. The number of carbonyl (C=O) groups is 1. The number of carbonyl (C=O) groups excluding carboxylic acids is 1. The molecule has 8 heteroatoms. The van der Waals surface area contributed by atoms with Gasteiger partial charge in [0, 0.05) is 37.2 Å². The smallest absolute Gasteiger partial charge is 0.257 e. The molecule has 4 rings (SSSR count). The Morgan fingerprint density at radius 2 is 2.07 bits per heavy atom. The standard InChI is InChI=1S/C20H25N3O4S/c24-19(15-3-5-17(6-4-15)27-13-18-2-1-9-26-18)22-20-21-16(14-28-20)12-23-7-10-25-11-8-23/h3-6,14,18H,1-2,7-13H2,(H,21,22,24). The fraction of sp³-hybridized carbons (Fsp3) is 0.500. The number of amides is 1. The summed E-state index contributed by atoms with van der Waals surface area (Å²) in [5, 5.41) is 5.49. The summed E-state index contributed by atoms with van der Waals surface area (Å²) in [7, 11) is 0. The number of anilines is 1. The molecule has 3 heterocycles. The first-order chi connectivity index (χ1) is 13.8. The Morgan fingerprint density at radius 3 is 2.82 bits per heavy atom. The number of benzene rings is 1. The van der Waals surface area contributed by atoms with Crippen LogP contribution in [0.4, 0.5) is 5.13 Å². The molecule has 2 aliphatic rings. The van der Waals surface area contributed by atoms with Crippen LogP contribution in [0.2, 0.25) is 0 Å². The molecule has 1 amide bonds. The minimum Gasteiger partial charge on any atom is -0.491 e. The average molecular weight is 404 g/mol. The second kappa shape index (κ2) is 9.47. The van der Waals surface area contributed by atoms with Crippen molar-refractivity contribution >= 4 is 22.4 Å². The first-order valence-corrected chi connectivity index (χ1v) is 10.5. The largest absolute Gasteiger partial charge is 0.491 e. The number of nitrogens with zero attached hydrogens (tertiary/aromatic N) is 2. The zero-order valence-electron chi connectivity index (χ0n) is 15.8. The van der Waals surface area contributed by atoms with Crippen molar-refractivity contribution in [3.63, 3.8) is 0 Å². The maximum Gasteiger partial charge on any atom is 0.257 e. The molecule has 2 aliphatic heterocycles. The summed E-state index contributed by atoms with van der Waals surface area (Å²) in [6, 6.07) is 7.16. The van der Waals surface area contributed by atoms with Crippen molar-refractivity contribution < 1.29 is 19.0 Å². The maximum atomic E-state index is 12.5. The molecule has 1 aromatic carbocycles. The van der Waals surface area contributed by atoms with Crippen LogP contribution in [0.3, 0.4) is 0 Å². The Labute approximate surface area is 168 Å². The third-order valence-corrected chi connectivity index (χ3v) is 5.64. The second-order valence-corrected chi connectivity index (χ2v) is 7.82. The monoisotopic (exact) mass is 403 g/mol. The van der Waals surface area contributed by atoms with Crippen molar-refractivity contribution in [1.29, 1.82) is 0 Å². The lowest BCUT2D eigenvalue weighted by Gasteiger charge is -2.25. The number of ether oxygens (including phenoxy) is 3. The lowest BCUT2D eigenvalue weighted by molar-refractivity contribution is 0.0337. The van der Waals surface area contributed by atoms with Crippen molar-refractivity contribution in [2.45, 2.75) is 25.5 Å². The molecule has 0 bridgehead atoms. The molecular formula is C20H25N3O4S. The zero-order chi connectivity index (χ0) is 19.2. The van der Waals surface area contributed by atoms with Gasteiger partial charge in [-0.05, 0) is 37.1 Å². The third kappa shape index (κ3) is 5.29. The van der Waals surface area contributed by atoms with Gasteiger partial charge in [-0.2, -0.15) is 0 Å². The van der Waals surface area contributed by atoms with Crippen molar-refractivity contribution in [3.8, 4) is 5.75 Å². The van der Waals surface area contributed by atoms with E-state index in [-0.39, 0.29) is 12.0 Å². The van der Waals surface area contributed by atoms with Gasteiger partial charge in [-0.15, -0.1) is 11.3 Å². The summed E-state index contributed by atoms with van der Waals surface area (Å²) in [5.74, 6) is 0.576. The Balaban J connectivity index is 1.27. The first kappa shape index (κ1) is 19.3. The zero-order valence-corrected chi connectivity index (χ0v) is 16.6. The lowest BCUT2D eigenvalue weighted by atomic mass is 10.2. The Kier molecular flexibility index (Phi) is 6.53. The quantitative estimate of drug-likeness (QED) is 0.766. The lowest BCUT2D eigenvalue weighted by Crippen LogP contribution is -2.35. The van der Waals surface area contributed by atoms with Gasteiger partial charge in [0.2, 0.25) is 0 Å². The third-order valence-electron chi connectivity index (χ3n) is 4.84. The molecule has 1 unspecified atom stereocenters. The summed E-state index contributed by atoms with van der Waals surface area (Å²) >= 11 is 1.45. The number of morpholine rings is 1. The van der Waals surface area contributed by atoms with Crippen LogP contribution in [-0.2, 0) is 16.0 Å². The summed E-state index contributed by atoms with van der Waals surface area (Å²) in [4.78, 5) is 19.3. The van der Waals surface area contributed by atoms with Crippen LogP contribution in [0, 0.1) is 0 Å². The minimum absolute atomic E-state index is 0.169. The van der Waals surface area contributed by atoms with E-state index in [0.29, 0.717) is 17.3 Å². The molecule has 150 valence electrons. The van der Waals surface area contributed by atoms with E-state index in [1.165, 1.54) is 11.3 Å². The molecule has 2 fully saturated rings. The normalized spacial score (nSPS) is 20.2. The number of hydrogen-bond acceptors (Lipinski definition) is 7. The van der Waals surface area contributed by atoms with E-state index in [2.05, 4.69) is 15.2 Å². The molecule has 0 aliphatic carbocycles. The summed E-state index contributed by atoms with van der Waals surface area (Å²) < 4.78 is 16.6.